The van der Waals surface area contributed by atoms with E-state index in [1.54, 1.807) is 11.3 Å². The lowest BCUT2D eigenvalue weighted by Gasteiger charge is -2.14. The van der Waals surface area contributed by atoms with Crippen LogP contribution in [0.25, 0.3) is 10.1 Å². The Morgan fingerprint density at radius 1 is 1.05 bits per heavy atom. The third kappa shape index (κ3) is 2.46. The van der Waals surface area contributed by atoms with Gasteiger partial charge in [0.25, 0.3) is 0 Å². The lowest BCUT2D eigenvalue weighted by Crippen LogP contribution is -2.00. The molecule has 1 aromatic heterocycles. The van der Waals surface area contributed by atoms with Crippen LogP contribution in [0.4, 0.5) is 0 Å². The Morgan fingerprint density at radius 2 is 1.80 bits per heavy atom. The molecule has 4 heteroatoms. The Balaban J connectivity index is 2.13. The molecule has 1 heterocycles. The Bertz CT molecular complexity index is 779. The maximum absolute atomic E-state index is 10.7. The van der Waals surface area contributed by atoms with E-state index < -0.39 is 6.10 Å². The normalized spacial score (nSPS) is 12.8. The number of fused-ring (bicyclic) bond motifs is 1. The molecule has 20 heavy (non-hydrogen) atoms. The number of aryl methyl sites for hydroxylation is 1. The average Bonchev–Trinajstić information content (AvgIpc) is 2.86. The molecule has 2 aromatic carbocycles. The van der Waals surface area contributed by atoms with E-state index in [-0.39, 0.29) is 0 Å². The molecule has 102 valence electrons. The molecular formula is C16H12Br2OS. The molecule has 0 amide bonds. The van der Waals surface area contributed by atoms with Crippen LogP contribution in [-0.2, 0) is 0 Å². The van der Waals surface area contributed by atoms with E-state index in [1.165, 1.54) is 4.70 Å². The van der Waals surface area contributed by atoms with Gasteiger partial charge in [-0.25, -0.2) is 0 Å². The molecule has 3 aromatic rings. The van der Waals surface area contributed by atoms with Crippen molar-refractivity contribution in [3.05, 3.63) is 67.4 Å². The molecule has 3 rings (SSSR count). The first-order valence-electron chi connectivity index (χ1n) is 6.17. The fourth-order valence-corrected chi connectivity index (χ4v) is 4.26. The number of aliphatic hydroxyl groups is 1. The predicted molar refractivity (Wildman–Crippen MR) is 92.5 cm³/mol. The van der Waals surface area contributed by atoms with Crippen LogP contribution < -0.4 is 0 Å². The Hall–Kier alpha value is -0.680. The molecule has 0 radical (unpaired) electrons. The van der Waals surface area contributed by atoms with Gasteiger partial charge in [-0.15, -0.1) is 11.3 Å². The Labute approximate surface area is 138 Å². The van der Waals surface area contributed by atoms with Crippen LogP contribution in [0.1, 0.15) is 22.8 Å². The highest BCUT2D eigenvalue weighted by Gasteiger charge is 2.18. The van der Waals surface area contributed by atoms with E-state index in [1.807, 2.05) is 36.6 Å². The van der Waals surface area contributed by atoms with Crippen molar-refractivity contribution in [2.45, 2.75) is 13.0 Å². The molecule has 0 saturated carbocycles. The van der Waals surface area contributed by atoms with Crippen molar-refractivity contribution in [2.24, 2.45) is 0 Å². The van der Waals surface area contributed by atoms with Crippen molar-refractivity contribution in [1.82, 2.24) is 0 Å². The molecule has 1 nitrogen and oxygen atoms in total. The monoisotopic (exact) mass is 410 g/mol. The molecule has 0 aliphatic carbocycles. The molecule has 0 aliphatic rings. The number of rotatable bonds is 2. The third-order valence-electron chi connectivity index (χ3n) is 3.38. The zero-order chi connectivity index (χ0) is 14.3. The second kappa shape index (κ2) is 5.60. The van der Waals surface area contributed by atoms with E-state index >= 15 is 0 Å². The minimum absolute atomic E-state index is 0.627. The molecule has 0 aliphatic heterocycles. The van der Waals surface area contributed by atoms with E-state index in [2.05, 4.69) is 44.0 Å². The summed E-state index contributed by atoms with van der Waals surface area (Å²) in [5.41, 5.74) is 2.98. The Kier molecular flexibility index (Phi) is 4.00. The summed E-state index contributed by atoms with van der Waals surface area (Å²) in [6.45, 7) is 2.03. The molecule has 1 atom stereocenters. The quantitative estimate of drug-likeness (QED) is 0.563. The average molecular weight is 412 g/mol. The standard InChI is InChI=1S/C16H12Br2OS/c1-9-6-14(18)11(7-13(9)17)16(19)12-8-20-15-5-3-2-4-10(12)15/h2-8,16,19H,1H3. The lowest BCUT2D eigenvalue weighted by atomic mass is 10.00. The van der Waals surface area contributed by atoms with Crippen LogP contribution in [0.2, 0.25) is 0 Å². The number of aliphatic hydroxyl groups excluding tert-OH is 1. The van der Waals surface area contributed by atoms with Gasteiger partial charge in [-0.3, -0.25) is 0 Å². The highest BCUT2D eigenvalue weighted by molar-refractivity contribution is 9.11. The van der Waals surface area contributed by atoms with Crippen molar-refractivity contribution in [3.63, 3.8) is 0 Å². The first-order valence-corrected chi connectivity index (χ1v) is 8.64. The van der Waals surface area contributed by atoms with E-state index in [0.29, 0.717) is 0 Å². The maximum Gasteiger partial charge on any atom is 0.107 e. The minimum Gasteiger partial charge on any atom is -0.384 e. The van der Waals surface area contributed by atoms with Crippen LogP contribution >= 0.6 is 43.2 Å². The summed E-state index contributed by atoms with van der Waals surface area (Å²) in [6, 6.07) is 12.2. The number of hydrogen-bond donors (Lipinski definition) is 1. The van der Waals surface area contributed by atoms with Crippen LogP contribution in [0.15, 0.2) is 50.7 Å². The highest BCUT2D eigenvalue weighted by atomic mass is 79.9. The summed E-state index contributed by atoms with van der Waals surface area (Å²) in [7, 11) is 0. The van der Waals surface area contributed by atoms with Gasteiger partial charge in [-0.2, -0.15) is 0 Å². The summed E-state index contributed by atoms with van der Waals surface area (Å²) in [6.07, 6.45) is -0.627. The first-order chi connectivity index (χ1) is 9.58. The van der Waals surface area contributed by atoms with Gasteiger partial charge in [0.1, 0.15) is 6.10 Å². The zero-order valence-corrected chi connectivity index (χ0v) is 14.7. The van der Waals surface area contributed by atoms with E-state index in [4.69, 9.17) is 0 Å². The molecule has 0 fully saturated rings. The molecule has 1 N–H and O–H groups in total. The second-order valence-corrected chi connectivity index (χ2v) is 7.33. The highest BCUT2D eigenvalue weighted by Crippen LogP contribution is 2.37. The van der Waals surface area contributed by atoms with Gasteiger partial charge in [0.2, 0.25) is 0 Å². The SMILES string of the molecule is Cc1cc(Br)c(C(O)c2csc3ccccc23)cc1Br. The number of hydrogen-bond acceptors (Lipinski definition) is 2. The number of halogens is 2. The van der Waals surface area contributed by atoms with Gasteiger partial charge < -0.3 is 5.11 Å². The van der Waals surface area contributed by atoms with Gasteiger partial charge in [-0.1, -0.05) is 50.1 Å². The summed E-state index contributed by atoms with van der Waals surface area (Å²) in [5, 5.41) is 13.9. The van der Waals surface area contributed by atoms with Crippen LogP contribution in [0, 0.1) is 6.92 Å². The maximum atomic E-state index is 10.7. The smallest absolute Gasteiger partial charge is 0.107 e. The van der Waals surface area contributed by atoms with Crippen molar-refractivity contribution < 1.29 is 5.11 Å². The largest absolute Gasteiger partial charge is 0.384 e. The van der Waals surface area contributed by atoms with Crippen molar-refractivity contribution in [1.29, 1.82) is 0 Å². The second-order valence-electron chi connectivity index (χ2n) is 4.71. The first kappa shape index (κ1) is 14.3. The van der Waals surface area contributed by atoms with E-state index in [0.717, 1.165) is 31.0 Å². The van der Waals surface area contributed by atoms with Gasteiger partial charge >= 0.3 is 0 Å². The van der Waals surface area contributed by atoms with Gasteiger partial charge in [-0.05, 0) is 41.5 Å². The summed E-state index contributed by atoms with van der Waals surface area (Å²) >= 11 is 8.75. The molecule has 0 spiro atoms. The van der Waals surface area contributed by atoms with Crippen LogP contribution in [0.3, 0.4) is 0 Å². The molecule has 0 saturated heterocycles. The van der Waals surface area contributed by atoms with Crippen molar-refractivity contribution in [2.75, 3.05) is 0 Å². The zero-order valence-electron chi connectivity index (χ0n) is 10.7. The number of thiophene rings is 1. The predicted octanol–water partition coefficient (Wildman–Crippen LogP) is 5.82. The van der Waals surface area contributed by atoms with Gasteiger partial charge in [0.05, 0.1) is 0 Å². The van der Waals surface area contributed by atoms with Crippen molar-refractivity contribution in [3.8, 4) is 0 Å². The lowest BCUT2D eigenvalue weighted by molar-refractivity contribution is 0.221. The van der Waals surface area contributed by atoms with Gasteiger partial charge in [0.15, 0.2) is 0 Å². The van der Waals surface area contributed by atoms with Crippen molar-refractivity contribution >= 4 is 53.3 Å². The van der Waals surface area contributed by atoms with Gasteiger partial charge in [0, 0.05) is 24.8 Å². The summed E-state index contributed by atoms with van der Waals surface area (Å²) in [4.78, 5) is 0. The molecule has 1 unspecified atom stereocenters. The number of benzene rings is 2. The minimum atomic E-state index is -0.627. The Morgan fingerprint density at radius 3 is 2.60 bits per heavy atom. The molecular weight excluding hydrogens is 400 g/mol. The summed E-state index contributed by atoms with van der Waals surface area (Å²) in [5.74, 6) is 0. The van der Waals surface area contributed by atoms with E-state index in [9.17, 15) is 5.11 Å². The van der Waals surface area contributed by atoms with Crippen LogP contribution in [0.5, 0.6) is 0 Å². The third-order valence-corrected chi connectivity index (χ3v) is 5.90. The fraction of sp³-hybridized carbons (Fsp3) is 0.125. The summed E-state index contributed by atoms with van der Waals surface area (Å²) < 4.78 is 3.14. The fourth-order valence-electron chi connectivity index (χ4n) is 2.25. The molecule has 0 bridgehead atoms. The topological polar surface area (TPSA) is 20.2 Å². The van der Waals surface area contributed by atoms with Crippen LogP contribution in [-0.4, -0.2) is 5.11 Å².